The number of nitriles is 1. The summed E-state index contributed by atoms with van der Waals surface area (Å²) in [4.78, 5) is 23.7. The van der Waals surface area contributed by atoms with Crippen molar-refractivity contribution < 1.29 is 23.8 Å². The number of hydrogen-bond acceptors (Lipinski definition) is 6. The highest BCUT2D eigenvalue weighted by molar-refractivity contribution is 5.91. The SMILES string of the molecule is CCC(C)C(=O)OCCCOc1ccc(C(=O)Oc2ccc(C#N)cc2)cc1. The summed E-state index contributed by atoms with van der Waals surface area (Å²) in [6.45, 7) is 4.51. The Labute approximate surface area is 164 Å². The Bertz CT molecular complexity index is 822. The third kappa shape index (κ3) is 6.44. The van der Waals surface area contributed by atoms with E-state index in [1.165, 1.54) is 0 Å². The lowest BCUT2D eigenvalue weighted by molar-refractivity contribution is -0.148. The van der Waals surface area contributed by atoms with Crippen LogP contribution >= 0.6 is 0 Å². The Morgan fingerprint density at radius 1 is 1.00 bits per heavy atom. The standard InChI is InChI=1S/C22H23NO5/c1-3-16(2)21(24)27-14-4-13-26-19-11-7-18(8-12-19)22(25)28-20-9-5-17(15-23)6-10-20/h5-12,16H,3-4,13-14H2,1-2H3. The molecule has 6 heteroatoms. The van der Waals surface area contributed by atoms with E-state index >= 15 is 0 Å². The molecule has 0 aliphatic carbocycles. The van der Waals surface area contributed by atoms with Crippen LogP contribution < -0.4 is 9.47 Å². The highest BCUT2D eigenvalue weighted by atomic mass is 16.5. The van der Waals surface area contributed by atoms with Gasteiger partial charge in [0.15, 0.2) is 0 Å². The van der Waals surface area contributed by atoms with Gasteiger partial charge in [-0.1, -0.05) is 13.8 Å². The van der Waals surface area contributed by atoms with Crippen LogP contribution in [0, 0.1) is 17.2 Å². The Morgan fingerprint density at radius 2 is 1.64 bits per heavy atom. The molecule has 2 aromatic carbocycles. The van der Waals surface area contributed by atoms with Crippen molar-refractivity contribution in [1.82, 2.24) is 0 Å². The van der Waals surface area contributed by atoms with Crippen LogP contribution in [0.4, 0.5) is 0 Å². The molecule has 0 N–H and O–H groups in total. The van der Waals surface area contributed by atoms with E-state index in [-0.39, 0.29) is 11.9 Å². The van der Waals surface area contributed by atoms with Gasteiger partial charge in [0.05, 0.1) is 36.3 Å². The van der Waals surface area contributed by atoms with Crippen LogP contribution in [-0.4, -0.2) is 25.2 Å². The molecule has 0 spiro atoms. The van der Waals surface area contributed by atoms with Crippen molar-refractivity contribution in [3.8, 4) is 17.6 Å². The second-order valence-corrected chi connectivity index (χ2v) is 6.23. The smallest absolute Gasteiger partial charge is 0.343 e. The molecule has 6 nitrogen and oxygen atoms in total. The summed E-state index contributed by atoms with van der Waals surface area (Å²) in [7, 11) is 0. The lowest BCUT2D eigenvalue weighted by Crippen LogP contribution is -2.15. The number of nitrogens with zero attached hydrogens (tertiary/aromatic N) is 1. The van der Waals surface area contributed by atoms with Crippen molar-refractivity contribution in [2.24, 2.45) is 5.92 Å². The van der Waals surface area contributed by atoms with Crippen LogP contribution in [0.5, 0.6) is 11.5 Å². The number of ether oxygens (including phenoxy) is 3. The summed E-state index contributed by atoms with van der Waals surface area (Å²) < 4.78 is 16.0. The van der Waals surface area contributed by atoms with E-state index in [4.69, 9.17) is 19.5 Å². The lowest BCUT2D eigenvalue weighted by Gasteiger charge is -2.10. The average molecular weight is 381 g/mol. The van der Waals surface area contributed by atoms with Crippen LogP contribution in [0.25, 0.3) is 0 Å². The van der Waals surface area contributed by atoms with Gasteiger partial charge in [-0.3, -0.25) is 4.79 Å². The van der Waals surface area contributed by atoms with E-state index < -0.39 is 5.97 Å². The van der Waals surface area contributed by atoms with Crippen LogP contribution in [-0.2, 0) is 9.53 Å². The highest BCUT2D eigenvalue weighted by Crippen LogP contribution is 2.16. The Hall–Kier alpha value is -3.33. The molecule has 1 atom stereocenters. The Morgan fingerprint density at radius 3 is 2.25 bits per heavy atom. The minimum absolute atomic E-state index is 0.0856. The van der Waals surface area contributed by atoms with Gasteiger partial charge in [0.1, 0.15) is 11.5 Å². The van der Waals surface area contributed by atoms with Crippen molar-refractivity contribution >= 4 is 11.9 Å². The summed E-state index contributed by atoms with van der Waals surface area (Å²) in [5.74, 6) is 0.220. The average Bonchev–Trinajstić information content (AvgIpc) is 2.73. The van der Waals surface area contributed by atoms with Crippen LogP contribution in [0.15, 0.2) is 48.5 Å². The molecule has 0 aliphatic heterocycles. The van der Waals surface area contributed by atoms with Gasteiger partial charge in [-0.05, 0) is 55.0 Å². The molecule has 28 heavy (non-hydrogen) atoms. The minimum atomic E-state index is -0.492. The second kappa shape index (κ2) is 10.7. The molecule has 146 valence electrons. The maximum Gasteiger partial charge on any atom is 0.343 e. The molecular formula is C22H23NO5. The van der Waals surface area contributed by atoms with Gasteiger partial charge in [0.2, 0.25) is 0 Å². The summed E-state index contributed by atoms with van der Waals surface area (Å²) >= 11 is 0. The minimum Gasteiger partial charge on any atom is -0.493 e. The molecule has 0 fully saturated rings. The maximum absolute atomic E-state index is 12.1. The van der Waals surface area contributed by atoms with Crippen molar-refractivity contribution in [3.63, 3.8) is 0 Å². The van der Waals surface area contributed by atoms with E-state index in [9.17, 15) is 9.59 Å². The number of esters is 2. The molecular weight excluding hydrogens is 358 g/mol. The molecule has 0 saturated carbocycles. The molecule has 0 saturated heterocycles. The van der Waals surface area contributed by atoms with Crippen molar-refractivity contribution in [2.45, 2.75) is 26.7 Å². The molecule has 0 bridgehead atoms. The number of rotatable bonds is 9. The van der Waals surface area contributed by atoms with Crippen molar-refractivity contribution in [1.29, 1.82) is 5.26 Å². The number of hydrogen-bond donors (Lipinski definition) is 0. The third-order valence-electron chi connectivity index (χ3n) is 4.10. The topological polar surface area (TPSA) is 85.6 Å². The van der Waals surface area contributed by atoms with E-state index in [1.54, 1.807) is 48.5 Å². The van der Waals surface area contributed by atoms with Gasteiger partial charge in [-0.15, -0.1) is 0 Å². The first-order valence-electron chi connectivity index (χ1n) is 9.15. The monoisotopic (exact) mass is 381 g/mol. The van der Waals surface area contributed by atoms with E-state index in [2.05, 4.69) is 0 Å². The van der Waals surface area contributed by atoms with Crippen LogP contribution in [0.3, 0.4) is 0 Å². The molecule has 2 aromatic rings. The molecule has 0 aromatic heterocycles. The van der Waals surface area contributed by atoms with Gasteiger partial charge >= 0.3 is 11.9 Å². The first kappa shape index (κ1) is 21.0. The Kier molecular flexibility index (Phi) is 8.04. The molecule has 0 aliphatic rings. The predicted octanol–water partition coefficient (Wildman–Crippen LogP) is 4.14. The number of carbonyl (C=O) groups is 2. The van der Waals surface area contributed by atoms with Gasteiger partial charge < -0.3 is 14.2 Å². The third-order valence-corrected chi connectivity index (χ3v) is 4.10. The predicted molar refractivity (Wildman–Crippen MR) is 103 cm³/mol. The highest BCUT2D eigenvalue weighted by Gasteiger charge is 2.11. The van der Waals surface area contributed by atoms with Gasteiger partial charge in [0.25, 0.3) is 0 Å². The van der Waals surface area contributed by atoms with Gasteiger partial charge in [-0.25, -0.2) is 4.79 Å². The second-order valence-electron chi connectivity index (χ2n) is 6.23. The van der Waals surface area contributed by atoms with Gasteiger partial charge in [0, 0.05) is 6.42 Å². The summed E-state index contributed by atoms with van der Waals surface area (Å²) in [5.41, 5.74) is 0.884. The number of benzene rings is 2. The fraction of sp³-hybridized carbons (Fsp3) is 0.318. The van der Waals surface area contributed by atoms with Crippen molar-refractivity contribution in [2.75, 3.05) is 13.2 Å². The summed E-state index contributed by atoms with van der Waals surface area (Å²) in [5, 5.41) is 8.77. The number of carbonyl (C=O) groups excluding carboxylic acids is 2. The summed E-state index contributed by atoms with van der Waals surface area (Å²) in [6.07, 6.45) is 1.35. The fourth-order valence-electron chi connectivity index (χ4n) is 2.18. The first-order valence-corrected chi connectivity index (χ1v) is 9.15. The lowest BCUT2D eigenvalue weighted by atomic mass is 10.1. The van der Waals surface area contributed by atoms with E-state index in [0.717, 1.165) is 6.42 Å². The maximum atomic E-state index is 12.1. The Balaban J connectivity index is 1.75. The molecule has 1 unspecified atom stereocenters. The summed E-state index contributed by atoms with van der Waals surface area (Å²) in [6, 6.07) is 14.9. The zero-order valence-electron chi connectivity index (χ0n) is 16.0. The molecule has 0 amide bonds. The quantitative estimate of drug-likeness (QED) is 0.369. The molecule has 0 heterocycles. The fourth-order valence-corrected chi connectivity index (χ4v) is 2.18. The van der Waals surface area contributed by atoms with Crippen LogP contribution in [0.1, 0.15) is 42.6 Å². The zero-order chi connectivity index (χ0) is 20.4. The van der Waals surface area contributed by atoms with Crippen LogP contribution in [0.2, 0.25) is 0 Å². The molecule has 0 radical (unpaired) electrons. The van der Waals surface area contributed by atoms with E-state index in [1.807, 2.05) is 19.9 Å². The molecule has 2 rings (SSSR count). The normalized spacial score (nSPS) is 11.2. The van der Waals surface area contributed by atoms with E-state index in [0.29, 0.717) is 42.3 Å². The van der Waals surface area contributed by atoms with Gasteiger partial charge in [-0.2, -0.15) is 5.26 Å². The van der Waals surface area contributed by atoms with Crippen molar-refractivity contribution in [3.05, 3.63) is 59.7 Å². The first-order chi connectivity index (χ1) is 13.5. The zero-order valence-corrected chi connectivity index (χ0v) is 16.0. The largest absolute Gasteiger partial charge is 0.493 e.